The van der Waals surface area contributed by atoms with Gasteiger partial charge < -0.3 is 5.32 Å². The number of rotatable bonds is 8. The maximum absolute atomic E-state index is 13.2. The van der Waals surface area contributed by atoms with Crippen molar-refractivity contribution in [2.75, 3.05) is 6.54 Å². The largest absolute Gasteiger partial charge is 0.312 e. The van der Waals surface area contributed by atoms with Gasteiger partial charge in [-0.2, -0.15) is 0 Å². The molecule has 0 bridgehead atoms. The van der Waals surface area contributed by atoms with Crippen molar-refractivity contribution in [1.82, 2.24) is 10.0 Å². The zero-order valence-electron chi connectivity index (χ0n) is 18.2. The summed E-state index contributed by atoms with van der Waals surface area (Å²) >= 11 is 6.07. The van der Waals surface area contributed by atoms with Gasteiger partial charge in [0.25, 0.3) is 0 Å². The van der Waals surface area contributed by atoms with Crippen LogP contribution in [-0.4, -0.2) is 20.5 Å². The number of hydrogen-bond donors (Lipinski definition) is 2. The maximum atomic E-state index is 13.2. The molecule has 2 N–H and O–H groups in total. The molecule has 2 aromatic rings. The lowest BCUT2D eigenvalue weighted by Gasteiger charge is -2.34. The molecule has 0 aliphatic rings. The average Bonchev–Trinajstić information content (AvgIpc) is 2.60. The van der Waals surface area contributed by atoms with E-state index in [9.17, 15) is 8.42 Å². The van der Waals surface area contributed by atoms with Gasteiger partial charge in [0, 0.05) is 17.1 Å². The first kappa shape index (κ1) is 23.9. The van der Waals surface area contributed by atoms with E-state index in [1.165, 1.54) is 0 Å². The van der Waals surface area contributed by atoms with Crippen molar-refractivity contribution in [3.63, 3.8) is 0 Å². The second-order valence-corrected chi connectivity index (χ2v) is 11.2. The molecule has 0 fully saturated rings. The molecule has 0 aromatic heterocycles. The lowest BCUT2D eigenvalue weighted by atomic mass is 9.84. The molecular formula is C23H33ClN2O2S. The van der Waals surface area contributed by atoms with E-state index >= 15 is 0 Å². The van der Waals surface area contributed by atoms with Gasteiger partial charge in [-0.3, -0.25) is 0 Å². The molecule has 0 amide bonds. The zero-order chi connectivity index (χ0) is 21.8. The molecule has 0 saturated heterocycles. The summed E-state index contributed by atoms with van der Waals surface area (Å²) in [5.74, 6) is 0.307. The third-order valence-electron chi connectivity index (χ3n) is 5.00. The fraction of sp³-hybridized carbons (Fsp3) is 0.478. The lowest BCUT2D eigenvalue weighted by molar-refractivity contribution is 0.263. The summed E-state index contributed by atoms with van der Waals surface area (Å²) in [5.41, 5.74) is 1.86. The number of aryl methyl sites for hydroxylation is 1. The van der Waals surface area contributed by atoms with E-state index in [1.54, 1.807) is 24.3 Å². The lowest BCUT2D eigenvalue weighted by Crippen LogP contribution is -2.45. The van der Waals surface area contributed by atoms with Crippen LogP contribution in [0.15, 0.2) is 53.4 Å². The van der Waals surface area contributed by atoms with Crippen LogP contribution in [0.1, 0.15) is 51.8 Å². The quantitative estimate of drug-likeness (QED) is 0.588. The Morgan fingerprint density at radius 1 is 0.966 bits per heavy atom. The van der Waals surface area contributed by atoms with Crippen molar-refractivity contribution >= 4 is 21.6 Å². The van der Waals surface area contributed by atoms with E-state index in [0.29, 0.717) is 11.6 Å². The van der Waals surface area contributed by atoms with Crippen LogP contribution in [0, 0.1) is 18.8 Å². The molecule has 160 valence electrons. The van der Waals surface area contributed by atoms with Crippen LogP contribution in [0.2, 0.25) is 5.02 Å². The second-order valence-electron chi connectivity index (χ2n) is 9.00. The highest BCUT2D eigenvalue weighted by Gasteiger charge is 2.31. The number of hydrogen-bond acceptors (Lipinski definition) is 3. The van der Waals surface area contributed by atoms with Gasteiger partial charge in [0.05, 0.1) is 10.9 Å². The van der Waals surface area contributed by atoms with Gasteiger partial charge in [0.1, 0.15) is 0 Å². The molecule has 0 radical (unpaired) electrons. The molecule has 0 heterocycles. The third kappa shape index (κ3) is 7.10. The van der Waals surface area contributed by atoms with E-state index < -0.39 is 10.0 Å². The number of sulfonamides is 1. The number of halogens is 1. The van der Waals surface area contributed by atoms with Crippen molar-refractivity contribution in [2.24, 2.45) is 11.8 Å². The highest BCUT2D eigenvalue weighted by atomic mass is 35.5. The predicted molar refractivity (Wildman–Crippen MR) is 122 cm³/mol. The first-order chi connectivity index (χ1) is 13.4. The van der Waals surface area contributed by atoms with Gasteiger partial charge in [-0.25, -0.2) is 13.1 Å². The van der Waals surface area contributed by atoms with Crippen LogP contribution in [0.4, 0.5) is 0 Å². The second kappa shape index (κ2) is 9.61. The zero-order valence-corrected chi connectivity index (χ0v) is 19.7. The fourth-order valence-corrected chi connectivity index (χ4v) is 4.59. The summed E-state index contributed by atoms with van der Waals surface area (Å²) < 4.78 is 29.3. The summed E-state index contributed by atoms with van der Waals surface area (Å²) in [6, 6.07) is 13.9. The molecule has 29 heavy (non-hydrogen) atoms. The van der Waals surface area contributed by atoms with Crippen molar-refractivity contribution in [2.45, 2.75) is 58.0 Å². The van der Waals surface area contributed by atoms with E-state index in [1.807, 2.05) is 31.2 Å². The summed E-state index contributed by atoms with van der Waals surface area (Å²) in [5, 5.41) is 4.16. The molecule has 2 aromatic carbocycles. The number of nitrogens with one attached hydrogen (secondary N) is 2. The molecule has 0 saturated carbocycles. The van der Waals surface area contributed by atoms with Crippen molar-refractivity contribution in [3.8, 4) is 0 Å². The number of benzene rings is 2. The van der Waals surface area contributed by atoms with E-state index in [4.69, 9.17) is 11.6 Å². The summed E-state index contributed by atoms with van der Waals surface area (Å²) in [7, 11) is -3.68. The van der Waals surface area contributed by atoms with Gasteiger partial charge >= 0.3 is 0 Å². The van der Waals surface area contributed by atoms with E-state index in [2.05, 4.69) is 44.7 Å². The van der Waals surface area contributed by atoms with Crippen LogP contribution in [0.25, 0.3) is 0 Å². The van der Waals surface area contributed by atoms with E-state index in [0.717, 1.165) is 11.1 Å². The van der Waals surface area contributed by atoms with Crippen molar-refractivity contribution in [1.29, 1.82) is 0 Å². The molecule has 2 rings (SSSR count). The molecule has 2 atom stereocenters. The van der Waals surface area contributed by atoms with Gasteiger partial charge in [0.2, 0.25) is 10.0 Å². The SMILES string of the molecule is Cc1ccc(S(=O)(=O)N[C@H](c2ccc(Cl)cc2)[C@H](CNC(C)(C)C)C(C)C)cc1. The molecule has 0 unspecified atom stereocenters. The fourth-order valence-electron chi connectivity index (χ4n) is 3.19. The van der Waals surface area contributed by atoms with Crippen LogP contribution in [-0.2, 0) is 10.0 Å². The molecule has 0 spiro atoms. The molecular weight excluding hydrogens is 404 g/mol. The van der Waals surface area contributed by atoms with E-state index in [-0.39, 0.29) is 28.3 Å². The maximum Gasteiger partial charge on any atom is 0.241 e. The first-order valence-corrected chi connectivity index (χ1v) is 11.8. The van der Waals surface area contributed by atoms with Crippen LogP contribution < -0.4 is 10.0 Å². The van der Waals surface area contributed by atoms with Crippen LogP contribution in [0.3, 0.4) is 0 Å². The topological polar surface area (TPSA) is 58.2 Å². The Morgan fingerprint density at radius 3 is 2.00 bits per heavy atom. The summed E-state index contributed by atoms with van der Waals surface area (Å²) in [6.07, 6.45) is 0. The minimum Gasteiger partial charge on any atom is -0.312 e. The Hall–Kier alpha value is -1.40. The smallest absolute Gasteiger partial charge is 0.241 e. The summed E-state index contributed by atoms with van der Waals surface area (Å²) in [4.78, 5) is 0.272. The van der Waals surface area contributed by atoms with Crippen LogP contribution in [0.5, 0.6) is 0 Å². The first-order valence-electron chi connectivity index (χ1n) is 9.98. The Bertz CT molecular complexity index is 886. The predicted octanol–water partition coefficient (Wildman–Crippen LogP) is 5.33. The highest BCUT2D eigenvalue weighted by Crippen LogP contribution is 2.31. The van der Waals surface area contributed by atoms with Crippen LogP contribution >= 0.6 is 11.6 Å². The van der Waals surface area contributed by atoms with Gasteiger partial charge in [0.15, 0.2) is 0 Å². The Balaban J connectivity index is 2.43. The standard InChI is InChI=1S/C23H33ClN2O2S/c1-16(2)21(15-25-23(4,5)6)22(18-9-11-19(24)12-10-18)26-29(27,28)20-13-7-17(3)8-14-20/h7-14,16,21-22,25-26H,15H2,1-6H3/t21-,22-/m1/s1. The Morgan fingerprint density at radius 2 is 1.52 bits per heavy atom. The normalized spacial score (nSPS) is 14.8. The monoisotopic (exact) mass is 436 g/mol. The van der Waals surface area contributed by atoms with Gasteiger partial charge in [-0.15, -0.1) is 0 Å². The van der Waals surface area contributed by atoms with Crippen molar-refractivity contribution < 1.29 is 8.42 Å². The molecule has 0 aliphatic carbocycles. The van der Waals surface area contributed by atoms with Gasteiger partial charge in [-0.1, -0.05) is 55.3 Å². The summed E-state index contributed by atoms with van der Waals surface area (Å²) in [6.45, 7) is 13.2. The molecule has 0 aliphatic heterocycles. The van der Waals surface area contributed by atoms with Gasteiger partial charge in [-0.05, 0) is 69.4 Å². The Labute approximate surface area is 181 Å². The van der Waals surface area contributed by atoms with Crippen molar-refractivity contribution in [3.05, 3.63) is 64.7 Å². The minimum absolute atomic E-state index is 0.0515. The molecule has 6 heteroatoms. The average molecular weight is 437 g/mol. The highest BCUT2D eigenvalue weighted by molar-refractivity contribution is 7.89. The molecule has 4 nitrogen and oxygen atoms in total. The minimum atomic E-state index is -3.68. The third-order valence-corrected chi connectivity index (χ3v) is 6.70. The Kier molecular flexibility index (Phi) is 7.91.